The minimum Gasteiger partial charge on any atom is -0.506 e. The van der Waals surface area contributed by atoms with E-state index < -0.39 is 40.2 Å². The quantitative estimate of drug-likeness (QED) is 0.492. The normalized spacial score (nSPS) is 11.0. The molecule has 0 unspecified atom stereocenters. The largest absolute Gasteiger partial charge is 0.506 e. The van der Waals surface area contributed by atoms with Gasteiger partial charge in [0, 0.05) is 6.07 Å². The molecule has 0 spiro atoms. The summed E-state index contributed by atoms with van der Waals surface area (Å²) in [5.41, 5.74) is -1.51. The summed E-state index contributed by atoms with van der Waals surface area (Å²) in [6.07, 6.45) is 1.21. The van der Waals surface area contributed by atoms with Gasteiger partial charge in [-0.2, -0.15) is 5.10 Å². The zero-order chi connectivity index (χ0) is 20.7. The number of aromatic hydroxyl groups is 1. The minimum atomic E-state index is -1.09. The van der Waals surface area contributed by atoms with Crippen LogP contribution in [-0.2, 0) is 0 Å². The Hall–Kier alpha value is -4.08. The highest BCUT2D eigenvalue weighted by molar-refractivity contribution is 6.08. The first-order valence-electron chi connectivity index (χ1n) is 8.20. The summed E-state index contributed by atoms with van der Waals surface area (Å²) in [4.78, 5) is 27.3. The third-order valence-corrected chi connectivity index (χ3v) is 4.20. The molecule has 0 aliphatic heterocycles. The van der Waals surface area contributed by atoms with Crippen molar-refractivity contribution < 1.29 is 23.1 Å². The number of pyridine rings is 1. The molecule has 0 bridgehead atoms. The third-order valence-electron chi connectivity index (χ3n) is 4.20. The number of benzene rings is 2. The molecule has 7 nitrogen and oxygen atoms in total. The number of carbonyl (C=O) groups excluding carboxylic acids is 1. The van der Waals surface area contributed by atoms with Gasteiger partial charge in [-0.05, 0) is 36.4 Å². The zero-order valence-corrected chi connectivity index (χ0v) is 14.4. The van der Waals surface area contributed by atoms with Crippen LogP contribution in [0.3, 0.4) is 0 Å². The minimum absolute atomic E-state index is 0.0404. The molecule has 4 aromatic rings. The molecule has 2 heterocycles. The summed E-state index contributed by atoms with van der Waals surface area (Å²) in [6.45, 7) is 0. The van der Waals surface area contributed by atoms with E-state index in [9.17, 15) is 27.9 Å². The first-order valence-corrected chi connectivity index (χ1v) is 8.20. The Morgan fingerprint density at radius 1 is 1.07 bits per heavy atom. The highest BCUT2D eigenvalue weighted by Crippen LogP contribution is 2.27. The Kier molecular flexibility index (Phi) is 4.30. The van der Waals surface area contributed by atoms with Crippen LogP contribution in [0, 0.1) is 17.5 Å². The number of hydrogen-bond acceptors (Lipinski definition) is 4. The average Bonchev–Trinajstić information content (AvgIpc) is 3.08. The molecule has 0 atom stereocenters. The molecule has 0 saturated heterocycles. The molecule has 0 saturated carbocycles. The Labute approximate surface area is 160 Å². The number of nitrogens with one attached hydrogen (secondary N) is 2. The number of aromatic amines is 1. The average molecular weight is 400 g/mol. The number of rotatable bonds is 3. The lowest BCUT2D eigenvalue weighted by Crippen LogP contribution is -2.24. The lowest BCUT2D eigenvalue weighted by molar-refractivity contribution is 0.102. The highest BCUT2D eigenvalue weighted by Gasteiger charge is 2.22. The van der Waals surface area contributed by atoms with Gasteiger partial charge in [0.25, 0.3) is 11.5 Å². The molecule has 0 aliphatic carbocycles. The maximum atomic E-state index is 13.8. The highest BCUT2D eigenvalue weighted by atomic mass is 19.1. The second-order valence-electron chi connectivity index (χ2n) is 6.05. The van der Waals surface area contributed by atoms with Crippen LogP contribution in [0.1, 0.15) is 10.4 Å². The smallest absolute Gasteiger partial charge is 0.266 e. The predicted molar refractivity (Wildman–Crippen MR) is 97.6 cm³/mol. The van der Waals surface area contributed by atoms with Gasteiger partial charge in [0.2, 0.25) is 0 Å². The summed E-state index contributed by atoms with van der Waals surface area (Å²) in [7, 11) is 0. The number of aromatic nitrogens is 3. The number of nitrogens with zero attached hydrogens (tertiary/aromatic N) is 2. The van der Waals surface area contributed by atoms with Crippen molar-refractivity contribution in [3.63, 3.8) is 0 Å². The van der Waals surface area contributed by atoms with Crippen molar-refractivity contribution in [1.82, 2.24) is 14.8 Å². The number of anilines is 1. The second kappa shape index (κ2) is 6.82. The van der Waals surface area contributed by atoms with Crippen molar-refractivity contribution in [2.45, 2.75) is 0 Å². The second-order valence-corrected chi connectivity index (χ2v) is 6.05. The van der Waals surface area contributed by atoms with Crippen molar-refractivity contribution in [1.29, 1.82) is 0 Å². The van der Waals surface area contributed by atoms with Gasteiger partial charge >= 0.3 is 0 Å². The molecular weight excluding hydrogens is 389 g/mol. The van der Waals surface area contributed by atoms with Crippen LogP contribution in [0.4, 0.5) is 18.9 Å². The fraction of sp³-hybridized carbons (Fsp3) is 0. The summed E-state index contributed by atoms with van der Waals surface area (Å²) < 4.78 is 41.1. The zero-order valence-electron chi connectivity index (χ0n) is 14.4. The Bertz CT molecular complexity index is 1310. The van der Waals surface area contributed by atoms with E-state index in [0.29, 0.717) is 11.8 Å². The van der Waals surface area contributed by atoms with E-state index in [0.717, 1.165) is 12.1 Å². The fourth-order valence-electron chi connectivity index (χ4n) is 2.82. The molecule has 146 valence electrons. The van der Waals surface area contributed by atoms with Crippen LogP contribution in [0.5, 0.6) is 5.75 Å². The van der Waals surface area contributed by atoms with Crippen molar-refractivity contribution in [2.24, 2.45) is 0 Å². The standard InChI is InChI=1S/C19H11F3N4O3/c20-9-1-4-11(5-2-9)26-17-12(8-23-26)16(27)15(19(29)25-17)18(28)24-14-6-3-10(21)7-13(14)22/h1-8H,(H,24,28)(H2,25,27,29). The Balaban J connectivity index is 1.77. The molecule has 0 aliphatic rings. The van der Waals surface area contributed by atoms with Crippen molar-refractivity contribution >= 4 is 22.6 Å². The molecule has 2 aromatic heterocycles. The molecule has 2 aromatic carbocycles. The number of amides is 1. The monoisotopic (exact) mass is 400 g/mol. The van der Waals surface area contributed by atoms with E-state index in [1.165, 1.54) is 35.1 Å². The van der Waals surface area contributed by atoms with E-state index in [1.54, 1.807) is 0 Å². The maximum absolute atomic E-state index is 13.8. The maximum Gasteiger partial charge on any atom is 0.266 e. The van der Waals surface area contributed by atoms with Crippen LogP contribution in [0.25, 0.3) is 16.7 Å². The summed E-state index contributed by atoms with van der Waals surface area (Å²) in [5, 5.41) is 16.6. The topological polar surface area (TPSA) is 100 Å². The van der Waals surface area contributed by atoms with Crippen LogP contribution < -0.4 is 10.9 Å². The Morgan fingerprint density at radius 2 is 1.76 bits per heavy atom. The number of hydrogen-bond donors (Lipinski definition) is 3. The first kappa shape index (κ1) is 18.3. The van der Waals surface area contributed by atoms with E-state index >= 15 is 0 Å². The number of H-pyrrole nitrogens is 1. The van der Waals surface area contributed by atoms with Crippen molar-refractivity contribution in [2.75, 3.05) is 5.32 Å². The molecule has 3 N–H and O–H groups in total. The van der Waals surface area contributed by atoms with Gasteiger partial charge in [-0.15, -0.1) is 0 Å². The molecule has 0 fully saturated rings. The van der Waals surface area contributed by atoms with Gasteiger partial charge < -0.3 is 15.4 Å². The van der Waals surface area contributed by atoms with Crippen LogP contribution in [0.2, 0.25) is 0 Å². The van der Waals surface area contributed by atoms with Gasteiger partial charge in [-0.3, -0.25) is 9.59 Å². The summed E-state index contributed by atoms with van der Waals surface area (Å²) in [5.74, 6) is -4.10. The van der Waals surface area contributed by atoms with E-state index in [4.69, 9.17) is 0 Å². The van der Waals surface area contributed by atoms with Gasteiger partial charge in [-0.1, -0.05) is 0 Å². The van der Waals surface area contributed by atoms with E-state index in [1.807, 2.05) is 0 Å². The Morgan fingerprint density at radius 3 is 2.45 bits per heavy atom. The van der Waals surface area contributed by atoms with Crippen LogP contribution in [-0.4, -0.2) is 25.8 Å². The first-order chi connectivity index (χ1) is 13.8. The predicted octanol–water partition coefficient (Wildman–Crippen LogP) is 3.09. The summed E-state index contributed by atoms with van der Waals surface area (Å²) >= 11 is 0. The fourth-order valence-corrected chi connectivity index (χ4v) is 2.82. The molecule has 29 heavy (non-hydrogen) atoms. The van der Waals surface area contributed by atoms with Crippen molar-refractivity contribution in [3.8, 4) is 11.4 Å². The SMILES string of the molecule is O=C(Nc1ccc(F)cc1F)c1c(O)c2cnn(-c3ccc(F)cc3)c2[nH]c1=O. The van der Waals surface area contributed by atoms with E-state index in [-0.39, 0.29) is 16.7 Å². The van der Waals surface area contributed by atoms with Gasteiger partial charge in [0.15, 0.2) is 0 Å². The number of fused-ring (bicyclic) bond motifs is 1. The lowest BCUT2D eigenvalue weighted by atomic mass is 10.2. The van der Waals surface area contributed by atoms with Crippen LogP contribution >= 0.6 is 0 Å². The van der Waals surface area contributed by atoms with Gasteiger partial charge in [-0.25, -0.2) is 17.9 Å². The van der Waals surface area contributed by atoms with E-state index in [2.05, 4.69) is 15.4 Å². The molecule has 0 radical (unpaired) electrons. The third kappa shape index (κ3) is 3.20. The van der Waals surface area contributed by atoms with Gasteiger partial charge in [0.05, 0.1) is 23.0 Å². The molecule has 4 rings (SSSR count). The number of carbonyl (C=O) groups is 1. The van der Waals surface area contributed by atoms with Crippen molar-refractivity contribution in [3.05, 3.63) is 82.0 Å². The van der Waals surface area contributed by atoms with Crippen LogP contribution in [0.15, 0.2) is 53.5 Å². The van der Waals surface area contributed by atoms with Gasteiger partial charge in [0.1, 0.15) is 34.4 Å². The number of halogens is 3. The molecule has 10 heteroatoms. The lowest BCUT2D eigenvalue weighted by Gasteiger charge is -2.09. The summed E-state index contributed by atoms with van der Waals surface area (Å²) in [6, 6.07) is 7.69. The molecule has 1 amide bonds. The molecular formula is C19H11F3N4O3.